The summed E-state index contributed by atoms with van der Waals surface area (Å²) in [5.74, 6) is -0.0706. The molecule has 136 valence electrons. The van der Waals surface area contributed by atoms with Crippen LogP contribution < -0.4 is 15.2 Å². The van der Waals surface area contributed by atoms with Gasteiger partial charge in [0.25, 0.3) is 5.91 Å². The van der Waals surface area contributed by atoms with Crippen molar-refractivity contribution in [3.05, 3.63) is 58.0 Å². The van der Waals surface area contributed by atoms with Crippen LogP contribution in [0.25, 0.3) is 0 Å². The molecule has 7 heteroatoms. The maximum atomic E-state index is 12.8. The van der Waals surface area contributed by atoms with Crippen molar-refractivity contribution in [3.63, 3.8) is 0 Å². The lowest BCUT2D eigenvalue weighted by Gasteiger charge is -2.51. The molecule has 7 nitrogen and oxygen atoms in total. The molecule has 0 saturated carbocycles. The quantitative estimate of drug-likeness (QED) is 0.890. The van der Waals surface area contributed by atoms with Crippen LogP contribution >= 0.6 is 0 Å². The van der Waals surface area contributed by atoms with E-state index in [0.29, 0.717) is 0 Å². The lowest BCUT2D eigenvalue weighted by atomic mass is 9.93. The van der Waals surface area contributed by atoms with Gasteiger partial charge in [0, 0.05) is 24.9 Å². The monoisotopic (exact) mass is 355 g/mol. The van der Waals surface area contributed by atoms with Gasteiger partial charge in [-0.25, -0.2) is 0 Å². The maximum Gasteiger partial charge on any atom is 0.277 e. The molecule has 1 aromatic carbocycles. The normalized spacial score (nSPS) is 22.0. The first-order chi connectivity index (χ1) is 12.5. The number of fused-ring (bicyclic) bond motifs is 3. The average Bonchev–Trinajstić information content (AvgIpc) is 2.67. The Morgan fingerprint density at radius 2 is 1.92 bits per heavy atom. The van der Waals surface area contributed by atoms with Crippen LogP contribution in [0.5, 0.6) is 11.5 Å². The first-order valence-electron chi connectivity index (χ1n) is 8.68. The highest BCUT2D eigenvalue weighted by Crippen LogP contribution is 2.40. The van der Waals surface area contributed by atoms with E-state index in [1.54, 1.807) is 29.9 Å². The summed E-state index contributed by atoms with van der Waals surface area (Å²) in [5.41, 5.74) is 0.479. The van der Waals surface area contributed by atoms with E-state index in [1.165, 1.54) is 6.07 Å². The van der Waals surface area contributed by atoms with Crippen LogP contribution in [0.3, 0.4) is 0 Å². The highest BCUT2D eigenvalue weighted by molar-refractivity contribution is 5.96. The number of nitrogens with zero attached hydrogens (tertiary/aromatic N) is 3. The second-order valence-corrected chi connectivity index (χ2v) is 6.69. The molecule has 2 unspecified atom stereocenters. The molecular weight excluding hydrogens is 334 g/mol. The fraction of sp³-hybridized carbons (Fsp3) is 0.368. The lowest BCUT2D eigenvalue weighted by Crippen LogP contribution is -2.62. The molecule has 1 N–H and O–H groups in total. The summed E-state index contributed by atoms with van der Waals surface area (Å²) in [6.45, 7) is 0. The van der Waals surface area contributed by atoms with Crippen LogP contribution in [0.2, 0.25) is 0 Å². The number of aromatic hydroxyl groups is 1. The number of methoxy groups -OCH3 is 1. The van der Waals surface area contributed by atoms with E-state index in [2.05, 4.69) is 5.01 Å². The Morgan fingerprint density at radius 3 is 2.69 bits per heavy atom. The first kappa shape index (κ1) is 16.5. The molecule has 0 bridgehead atoms. The van der Waals surface area contributed by atoms with Crippen molar-refractivity contribution in [2.75, 3.05) is 19.2 Å². The average molecular weight is 355 g/mol. The fourth-order valence-electron chi connectivity index (χ4n) is 4.08. The number of hydrogen-bond acceptors (Lipinski definition) is 5. The summed E-state index contributed by atoms with van der Waals surface area (Å²) < 4.78 is 7.18. The molecule has 4 rings (SSSR count). The minimum Gasteiger partial charge on any atom is -0.502 e. The van der Waals surface area contributed by atoms with Crippen molar-refractivity contribution in [1.29, 1.82) is 0 Å². The molecule has 0 spiro atoms. The van der Waals surface area contributed by atoms with Crippen LogP contribution in [0.4, 0.5) is 0 Å². The molecule has 0 aliphatic carbocycles. The van der Waals surface area contributed by atoms with Gasteiger partial charge in [0.15, 0.2) is 11.4 Å². The van der Waals surface area contributed by atoms with E-state index in [-0.39, 0.29) is 23.8 Å². The Balaban J connectivity index is 1.92. The van der Waals surface area contributed by atoms with Gasteiger partial charge in [-0.1, -0.05) is 18.2 Å². The van der Waals surface area contributed by atoms with Gasteiger partial charge >= 0.3 is 0 Å². The minimum atomic E-state index is -0.553. The Labute approximate surface area is 151 Å². The van der Waals surface area contributed by atoms with E-state index in [4.69, 9.17) is 4.74 Å². The summed E-state index contributed by atoms with van der Waals surface area (Å²) in [5, 5.41) is 12.3. The van der Waals surface area contributed by atoms with Crippen molar-refractivity contribution in [3.8, 4) is 11.5 Å². The van der Waals surface area contributed by atoms with E-state index in [0.717, 1.165) is 30.6 Å². The highest BCUT2D eigenvalue weighted by atomic mass is 16.5. The zero-order valence-corrected chi connectivity index (χ0v) is 14.8. The Morgan fingerprint density at radius 1 is 1.15 bits per heavy atom. The molecule has 1 amide bonds. The number of aromatic nitrogens is 1. The number of pyridine rings is 1. The molecule has 2 aromatic rings. The first-order valence-corrected chi connectivity index (χ1v) is 8.68. The molecular formula is C19H21N3O4. The molecule has 26 heavy (non-hydrogen) atoms. The van der Waals surface area contributed by atoms with Gasteiger partial charge in [-0.2, -0.15) is 0 Å². The summed E-state index contributed by atoms with van der Waals surface area (Å²) in [4.78, 5) is 26.3. The number of carbonyl (C=O) groups excluding carboxylic acids is 1. The predicted molar refractivity (Wildman–Crippen MR) is 96.1 cm³/mol. The second-order valence-electron chi connectivity index (χ2n) is 6.69. The Hall–Kier alpha value is -2.96. The molecule has 3 heterocycles. The molecule has 1 aromatic heterocycles. The van der Waals surface area contributed by atoms with Crippen molar-refractivity contribution in [2.45, 2.75) is 31.5 Å². The van der Waals surface area contributed by atoms with Gasteiger partial charge < -0.3 is 14.7 Å². The van der Waals surface area contributed by atoms with E-state index < -0.39 is 11.2 Å². The van der Waals surface area contributed by atoms with Gasteiger partial charge in [-0.15, -0.1) is 0 Å². The number of carbonyl (C=O) groups is 1. The van der Waals surface area contributed by atoms with Crippen molar-refractivity contribution in [1.82, 2.24) is 9.58 Å². The number of rotatable bonds is 2. The van der Waals surface area contributed by atoms with Crippen LogP contribution in [0.1, 0.15) is 41.4 Å². The third-order valence-electron chi connectivity index (χ3n) is 5.34. The largest absolute Gasteiger partial charge is 0.502 e. The summed E-state index contributed by atoms with van der Waals surface area (Å²) in [6.07, 6.45) is 4.08. The topological polar surface area (TPSA) is 75.0 Å². The molecule has 2 atom stereocenters. The van der Waals surface area contributed by atoms with Crippen LogP contribution in [-0.2, 0) is 0 Å². The molecule has 1 fully saturated rings. The SMILES string of the molecule is COc1ccccc1C1CCCC2N(C)C(=O)c3c(O)c(=O)ccn3N12. The number of amides is 1. The maximum absolute atomic E-state index is 12.8. The lowest BCUT2D eigenvalue weighted by molar-refractivity contribution is 0.0552. The van der Waals surface area contributed by atoms with Gasteiger partial charge in [-0.05, 0) is 25.3 Å². The van der Waals surface area contributed by atoms with Crippen LogP contribution in [-0.4, -0.2) is 40.9 Å². The number of hydrogen-bond donors (Lipinski definition) is 1. The van der Waals surface area contributed by atoms with Crippen molar-refractivity contribution < 1.29 is 14.6 Å². The van der Waals surface area contributed by atoms with Gasteiger partial charge in [0.2, 0.25) is 5.43 Å². The molecule has 1 saturated heterocycles. The number of piperidine rings is 1. The summed E-state index contributed by atoms with van der Waals surface area (Å²) in [7, 11) is 3.35. The second kappa shape index (κ2) is 6.09. The van der Waals surface area contributed by atoms with Crippen molar-refractivity contribution in [2.24, 2.45) is 0 Å². The summed E-state index contributed by atoms with van der Waals surface area (Å²) in [6, 6.07) is 9.07. The van der Waals surface area contributed by atoms with E-state index in [9.17, 15) is 14.7 Å². The number of para-hydroxylation sites is 1. The van der Waals surface area contributed by atoms with Gasteiger partial charge in [0.05, 0.1) is 13.2 Å². The smallest absolute Gasteiger partial charge is 0.277 e. The number of ether oxygens (including phenoxy) is 1. The predicted octanol–water partition coefficient (Wildman–Crippen LogP) is 1.84. The third-order valence-corrected chi connectivity index (χ3v) is 5.34. The Kier molecular flexibility index (Phi) is 3.86. The Bertz CT molecular complexity index is 923. The van der Waals surface area contributed by atoms with Crippen LogP contribution in [0, 0.1) is 0 Å². The zero-order chi connectivity index (χ0) is 18.4. The standard InChI is InChI=1S/C19H21N3O4/c1-20-16-9-5-7-13(12-6-3-4-8-15(12)26-2)22(16)21-11-10-14(23)18(24)17(21)19(20)25/h3-4,6,8,10-11,13,16,24H,5,7,9H2,1-2H3. The molecule has 2 aliphatic heterocycles. The van der Waals surface area contributed by atoms with Gasteiger partial charge in [0.1, 0.15) is 11.9 Å². The third kappa shape index (κ3) is 2.27. The number of benzene rings is 1. The minimum absolute atomic E-state index is 0.0121. The zero-order valence-electron chi connectivity index (χ0n) is 14.8. The van der Waals surface area contributed by atoms with Crippen molar-refractivity contribution >= 4 is 5.91 Å². The highest BCUT2D eigenvalue weighted by Gasteiger charge is 2.43. The van der Waals surface area contributed by atoms with E-state index >= 15 is 0 Å². The van der Waals surface area contributed by atoms with Gasteiger partial charge in [-0.3, -0.25) is 19.3 Å². The molecule has 2 aliphatic rings. The summed E-state index contributed by atoms with van der Waals surface area (Å²) >= 11 is 0. The van der Waals surface area contributed by atoms with Crippen LogP contribution in [0.15, 0.2) is 41.3 Å². The molecule has 0 radical (unpaired) electrons. The fourth-order valence-corrected chi connectivity index (χ4v) is 4.08. The van der Waals surface area contributed by atoms with E-state index in [1.807, 2.05) is 24.3 Å².